The number of allylic oxidation sites excluding steroid dienone is 1. The molecule has 3 N–H and O–H groups in total. The molecular weight excluding hydrogens is 480 g/mol. The van der Waals surface area contributed by atoms with Crippen molar-refractivity contribution >= 4 is 28.4 Å². The summed E-state index contributed by atoms with van der Waals surface area (Å²) < 4.78 is 1.45. The fraction of sp³-hybridized carbons (Fsp3) is 0.357. The molecule has 0 bridgehead atoms. The Bertz CT molecular complexity index is 1500. The first kappa shape index (κ1) is 25.6. The number of hydrogen-bond donors (Lipinski definition) is 3. The molecule has 5 rings (SSSR count). The van der Waals surface area contributed by atoms with Crippen LogP contribution in [0.25, 0.3) is 22.4 Å². The molecule has 0 radical (unpaired) electrons. The number of hydrogen-bond acceptors (Lipinski definition) is 8. The number of H-pyrrole nitrogens is 1. The average molecular weight is 515 g/mol. The maximum absolute atomic E-state index is 13.2. The number of nitrogens with one attached hydrogen (secondary N) is 2. The third kappa shape index (κ3) is 5.05. The van der Waals surface area contributed by atoms with E-state index in [2.05, 4.69) is 51.0 Å². The van der Waals surface area contributed by atoms with Gasteiger partial charge in [-0.1, -0.05) is 26.0 Å². The van der Waals surface area contributed by atoms with Crippen LogP contribution in [0.2, 0.25) is 0 Å². The van der Waals surface area contributed by atoms with E-state index >= 15 is 0 Å². The van der Waals surface area contributed by atoms with Gasteiger partial charge in [-0.15, -0.1) is 6.58 Å². The molecule has 4 aromatic rings. The molecule has 0 unspecified atom stereocenters. The lowest BCUT2D eigenvalue weighted by molar-refractivity contribution is 0.215. The monoisotopic (exact) mass is 514 g/mol. The van der Waals surface area contributed by atoms with Gasteiger partial charge in [0.25, 0.3) is 5.56 Å². The lowest BCUT2D eigenvalue weighted by Crippen LogP contribution is -2.44. The lowest BCUT2D eigenvalue weighted by atomic mass is 9.90. The van der Waals surface area contributed by atoms with Crippen molar-refractivity contribution in [3.05, 3.63) is 71.2 Å². The van der Waals surface area contributed by atoms with E-state index in [1.165, 1.54) is 10.4 Å². The second-order valence-electron chi connectivity index (χ2n) is 10.3. The van der Waals surface area contributed by atoms with E-state index in [1.54, 1.807) is 6.08 Å². The molecule has 1 aliphatic heterocycles. The predicted octanol–water partition coefficient (Wildman–Crippen LogP) is 3.13. The van der Waals surface area contributed by atoms with Crippen molar-refractivity contribution < 1.29 is 5.11 Å². The number of fused-ring (bicyclic) bond motifs is 1. The van der Waals surface area contributed by atoms with Crippen molar-refractivity contribution in [3.63, 3.8) is 0 Å². The van der Waals surface area contributed by atoms with Crippen LogP contribution in [0.3, 0.4) is 0 Å². The van der Waals surface area contributed by atoms with E-state index in [0.717, 1.165) is 31.9 Å². The molecule has 1 aromatic carbocycles. The molecule has 0 spiro atoms. The van der Waals surface area contributed by atoms with Crippen LogP contribution in [0, 0.1) is 0 Å². The number of benzene rings is 1. The topological polar surface area (TPSA) is 115 Å². The number of aromatic nitrogens is 5. The zero-order valence-corrected chi connectivity index (χ0v) is 22.1. The number of aromatic amines is 1. The molecule has 0 amide bonds. The third-order valence-electron chi connectivity index (χ3n) is 6.99. The van der Waals surface area contributed by atoms with E-state index < -0.39 is 5.41 Å². The maximum atomic E-state index is 13.2. The number of pyridine rings is 1. The Labute approximate surface area is 221 Å². The van der Waals surface area contributed by atoms with Crippen LogP contribution < -0.4 is 15.8 Å². The van der Waals surface area contributed by atoms with Gasteiger partial charge in [-0.2, -0.15) is 4.98 Å². The first-order valence-electron chi connectivity index (χ1n) is 12.8. The summed E-state index contributed by atoms with van der Waals surface area (Å²) in [6, 6.07) is 13.8. The fourth-order valence-corrected chi connectivity index (χ4v) is 4.53. The van der Waals surface area contributed by atoms with E-state index in [4.69, 9.17) is 9.97 Å². The van der Waals surface area contributed by atoms with Gasteiger partial charge in [0.2, 0.25) is 5.95 Å². The molecule has 3 aromatic heterocycles. The normalized spacial score (nSPS) is 14.7. The molecule has 1 fully saturated rings. The Morgan fingerprint density at radius 2 is 1.82 bits per heavy atom. The van der Waals surface area contributed by atoms with Gasteiger partial charge in [0.05, 0.1) is 18.8 Å². The van der Waals surface area contributed by atoms with Gasteiger partial charge >= 0.3 is 0 Å². The summed E-state index contributed by atoms with van der Waals surface area (Å²) in [7, 11) is 2.15. The third-order valence-corrected chi connectivity index (χ3v) is 6.99. The average Bonchev–Trinajstić information content (AvgIpc) is 3.24. The molecule has 4 heterocycles. The first-order chi connectivity index (χ1) is 18.3. The predicted molar refractivity (Wildman–Crippen MR) is 151 cm³/mol. The largest absolute Gasteiger partial charge is 0.395 e. The number of likely N-dealkylation sites (N-methyl/N-ethyl adjacent to an activating group) is 1. The van der Waals surface area contributed by atoms with Crippen molar-refractivity contribution in [2.45, 2.75) is 25.8 Å². The minimum absolute atomic E-state index is 0.0597. The van der Waals surface area contributed by atoms with Gasteiger partial charge < -0.3 is 20.2 Å². The van der Waals surface area contributed by atoms with E-state index in [1.807, 2.05) is 44.2 Å². The minimum atomic E-state index is -0.546. The van der Waals surface area contributed by atoms with Gasteiger partial charge in [-0.3, -0.25) is 14.9 Å². The Balaban J connectivity index is 1.53. The van der Waals surface area contributed by atoms with Gasteiger partial charge in [0.1, 0.15) is 11.1 Å². The molecule has 198 valence electrons. The standard InChI is InChI=1S/C28H34N8O2/c1-5-13-36-26(38)23-24(21-7-6-8-22(30-21)28(2,3)18-37)31-27(32-25(23)33-36)29-19-9-11-20(12-10-19)35-16-14-34(4)15-17-35/h5-12,37H,1,13-18H2,2-4H3,(H2,29,31,32,33). The maximum Gasteiger partial charge on any atom is 0.278 e. The highest BCUT2D eigenvalue weighted by molar-refractivity contribution is 5.90. The molecule has 1 aliphatic rings. The van der Waals surface area contributed by atoms with Crippen LogP contribution in [0.15, 0.2) is 59.9 Å². The molecule has 1 saturated heterocycles. The number of rotatable bonds is 8. The highest BCUT2D eigenvalue weighted by atomic mass is 16.3. The smallest absolute Gasteiger partial charge is 0.278 e. The Hall–Kier alpha value is -4.02. The quantitative estimate of drug-likeness (QED) is 0.307. The number of anilines is 3. The molecule has 0 aliphatic carbocycles. The van der Waals surface area contributed by atoms with Crippen molar-refractivity contribution in [3.8, 4) is 11.4 Å². The van der Waals surface area contributed by atoms with E-state index in [-0.39, 0.29) is 12.2 Å². The number of aliphatic hydroxyl groups excluding tert-OH is 1. The molecule has 10 heteroatoms. The van der Waals surface area contributed by atoms with Crippen molar-refractivity contribution in [1.82, 2.24) is 29.6 Å². The summed E-state index contributed by atoms with van der Waals surface area (Å²) in [5.74, 6) is 0.348. The van der Waals surface area contributed by atoms with Crippen LogP contribution >= 0.6 is 0 Å². The van der Waals surface area contributed by atoms with Crippen LogP contribution in [-0.4, -0.2) is 74.6 Å². The lowest BCUT2D eigenvalue weighted by Gasteiger charge is -2.34. The second kappa shape index (κ2) is 10.4. The summed E-state index contributed by atoms with van der Waals surface area (Å²) >= 11 is 0. The van der Waals surface area contributed by atoms with Crippen molar-refractivity contribution in [1.29, 1.82) is 0 Å². The van der Waals surface area contributed by atoms with E-state index in [0.29, 0.717) is 40.6 Å². The van der Waals surface area contributed by atoms with Gasteiger partial charge in [0.15, 0.2) is 5.65 Å². The highest BCUT2D eigenvalue weighted by Gasteiger charge is 2.24. The van der Waals surface area contributed by atoms with Crippen LogP contribution in [-0.2, 0) is 12.0 Å². The summed E-state index contributed by atoms with van der Waals surface area (Å²) in [5, 5.41) is 16.6. The Morgan fingerprint density at radius 3 is 2.50 bits per heavy atom. The zero-order chi connectivity index (χ0) is 26.9. The van der Waals surface area contributed by atoms with Crippen LogP contribution in [0.4, 0.5) is 17.3 Å². The molecular formula is C28H34N8O2. The highest BCUT2D eigenvalue weighted by Crippen LogP contribution is 2.28. The summed E-state index contributed by atoms with van der Waals surface area (Å²) in [6.45, 7) is 11.9. The minimum Gasteiger partial charge on any atom is -0.395 e. The number of aliphatic hydroxyl groups is 1. The molecule has 0 atom stereocenters. The van der Waals surface area contributed by atoms with Crippen LogP contribution in [0.1, 0.15) is 19.5 Å². The fourth-order valence-electron chi connectivity index (χ4n) is 4.53. The number of nitrogens with zero attached hydrogens (tertiary/aromatic N) is 6. The summed E-state index contributed by atoms with van der Waals surface area (Å²) in [6.07, 6.45) is 1.65. The summed E-state index contributed by atoms with van der Waals surface area (Å²) in [5.41, 5.74) is 3.30. The number of piperazine rings is 1. The van der Waals surface area contributed by atoms with Crippen molar-refractivity contribution in [2.75, 3.05) is 50.1 Å². The molecule has 38 heavy (non-hydrogen) atoms. The second-order valence-corrected chi connectivity index (χ2v) is 10.3. The van der Waals surface area contributed by atoms with Crippen molar-refractivity contribution in [2.24, 2.45) is 0 Å². The van der Waals surface area contributed by atoms with Gasteiger partial charge in [0, 0.05) is 48.7 Å². The van der Waals surface area contributed by atoms with Gasteiger partial charge in [-0.25, -0.2) is 9.67 Å². The zero-order valence-electron chi connectivity index (χ0n) is 22.1. The first-order valence-corrected chi connectivity index (χ1v) is 12.8. The molecule has 0 saturated carbocycles. The SMILES string of the molecule is C=CCn1[nH]c2nc(Nc3ccc(N4CCN(C)CC4)cc3)nc(-c3cccc(C(C)(C)CO)n3)c2c1=O. The Morgan fingerprint density at radius 1 is 1.08 bits per heavy atom. The molecule has 10 nitrogen and oxygen atoms in total. The van der Waals surface area contributed by atoms with Gasteiger partial charge in [-0.05, 0) is 43.4 Å². The Kier molecular flexibility index (Phi) is 7.00. The van der Waals surface area contributed by atoms with Crippen LogP contribution in [0.5, 0.6) is 0 Å². The van der Waals surface area contributed by atoms with E-state index in [9.17, 15) is 9.90 Å². The summed E-state index contributed by atoms with van der Waals surface area (Å²) in [4.78, 5) is 32.1.